The van der Waals surface area contributed by atoms with E-state index in [4.69, 9.17) is 0 Å². The molecule has 1 aromatic carbocycles. The van der Waals surface area contributed by atoms with Gasteiger partial charge in [-0.15, -0.1) is 35.6 Å². The monoisotopic (exact) mass is 540 g/mol. The molecule has 0 fully saturated rings. The summed E-state index contributed by atoms with van der Waals surface area (Å²) in [5, 5.41) is 0. The Labute approximate surface area is 216 Å². The van der Waals surface area contributed by atoms with Gasteiger partial charge >= 0.3 is 26.2 Å². The molecule has 0 bridgehead atoms. The van der Waals surface area contributed by atoms with Crippen LogP contribution in [0.15, 0.2) is 75.7 Å². The number of rotatable bonds is 5. The zero-order chi connectivity index (χ0) is 19.2. The Morgan fingerprint density at radius 2 is 1.79 bits per heavy atom. The number of para-hydroxylation sites is 1. The van der Waals surface area contributed by atoms with Crippen molar-refractivity contribution in [3.63, 3.8) is 0 Å². The number of thioether (sulfide) groups is 1. The standard InChI is InChI=1S/C12H16N.C9H7S.C2H7Si.2ClH.Zr/c1-3-4-8-11(2)13-12-9-6-5-7-10-12;1-10-9-5-7-3-2-4-8(7)6-9;1-3-2;;;/h5-10H,3-4H2,1-2H3;2-5H,1H3;3H,1-2H3;2*1H;/q2*-1;;;;+4/p-2. The van der Waals surface area contributed by atoms with Crippen molar-refractivity contribution < 1.29 is 51.0 Å². The van der Waals surface area contributed by atoms with E-state index >= 15 is 0 Å². The second-order valence-electron chi connectivity index (χ2n) is 5.89. The van der Waals surface area contributed by atoms with Crippen molar-refractivity contribution in [3.8, 4) is 0 Å². The summed E-state index contributed by atoms with van der Waals surface area (Å²) in [4.78, 5) is 5.70. The number of nitrogens with zero attached hydrogens (tertiary/aromatic N) is 1. The average molecular weight is 543 g/mol. The van der Waals surface area contributed by atoms with Crippen molar-refractivity contribution in [2.75, 3.05) is 6.26 Å². The zero-order valence-electron chi connectivity index (χ0n) is 17.9. The maximum Gasteiger partial charge on any atom is 4.00 e. The van der Waals surface area contributed by atoms with E-state index in [0.717, 1.165) is 27.3 Å². The van der Waals surface area contributed by atoms with Gasteiger partial charge in [0.2, 0.25) is 0 Å². The molecule has 0 aliphatic heterocycles. The van der Waals surface area contributed by atoms with Crippen LogP contribution in [-0.4, -0.2) is 21.5 Å². The van der Waals surface area contributed by atoms with E-state index in [1.807, 2.05) is 37.3 Å². The van der Waals surface area contributed by atoms with Gasteiger partial charge < -0.3 is 31.2 Å². The van der Waals surface area contributed by atoms with Gasteiger partial charge in [-0.1, -0.05) is 56.5 Å². The Morgan fingerprint density at radius 3 is 2.31 bits per heavy atom. The summed E-state index contributed by atoms with van der Waals surface area (Å²) >= 11 is 1.74. The third-order valence-corrected chi connectivity index (χ3v) is 4.06. The second-order valence-corrected chi connectivity index (χ2v) is 7.89. The fraction of sp³-hybridized carbons (Fsp3) is 0.304. The van der Waals surface area contributed by atoms with Gasteiger partial charge in [0.1, 0.15) is 0 Å². The molecular formula is C23H30Cl2NSSiZr. The fourth-order valence-corrected chi connectivity index (χ4v) is 2.66. The molecule has 0 aromatic heterocycles. The number of allylic oxidation sites excluding steroid dienone is 7. The first-order chi connectivity index (χ1) is 12.6. The first kappa shape index (κ1) is 33.4. The molecule has 0 spiro atoms. The Morgan fingerprint density at radius 1 is 1.17 bits per heavy atom. The molecule has 0 N–H and O–H groups in total. The Balaban J connectivity index is -0.000000382. The average Bonchev–Trinajstić information content (AvgIpc) is 3.23. The Kier molecular flexibility index (Phi) is 24.2. The summed E-state index contributed by atoms with van der Waals surface area (Å²) < 4.78 is 0. The number of fused-ring (bicyclic) bond motifs is 1. The normalized spacial score (nSPS) is 12.7. The molecule has 1 aromatic rings. The number of hydrogen-bond donors (Lipinski definition) is 0. The minimum atomic E-state index is 0. The molecule has 1 nitrogen and oxygen atoms in total. The summed E-state index contributed by atoms with van der Waals surface area (Å²) in [7, 11) is 0.750. The summed E-state index contributed by atoms with van der Waals surface area (Å²) in [5.41, 5.74) is 4.69. The molecule has 0 heterocycles. The van der Waals surface area contributed by atoms with Crippen molar-refractivity contribution in [2.24, 2.45) is 4.99 Å². The molecule has 0 amide bonds. The molecule has 3 rings (SSSR count). The molecule has 155 valence electrons. The van der Waals surface area contributed by atoms with E-state index in [2.05, 4.69) is 68.1 Å². The van der Waals surface area contributed by atoms with Gasteiger partial charge in [-0.05, 0) is 18.4 Å². The molecule has 2 aliphatic carbocycles. The largest absolute Gasteiger partial charge is 4.00 e. The van der Waals surface area contributed by atoms with Gasteiger partial charge in [-0.3, -0.25) is 4.99 Å². The summed E-state index contributed by atoms with van der Waals surface area (Å²) in [6.07, 6.45) is 18.3. The summed E-state index contributed by atoms with van der Waals surface area (Å²) in [5.74, 6) is 0. The van der Waals surface area contributed by atoms with E-state index < -0.39 is 0 Å². The number of halogens is 2. The Hall–Kier alpha value is -0.250. The summed E-state index contributed by atoms with van der Waals surface area (Å²) in [6, 6.07) is 10.1. The van der Waals surface area contributed by atoms with Crippen LogP contribution < -0.4 is 24.8 Å². The Bertz CT molecular complexity index is 698. The maximum atomic E-state index is 4.46. The summed E-state index contributed by atoms with van der Waals surface area (Å²) in [6.45, 7) is 8.63. The molecule has 2 aliphatic rings. The van der Waals surface area contributed by atoms with Crippen LogP contribution in [0.1, 0.15) is 26.7 Å². The van der Waals surface area contributed by atoms with Gasteiger partial charge in [0, 0.05) is 9.52 Å². The van der Waals surface area contributed by atoms with Gasteiger partial charge in [-0.25, -0.2) is 0 Å². The first-order valence-corrected chi connectivity index (χ1v) is 12.6. The number of aliphatic imine (C=N–C) groups is 1. The van der Waals surface area contributed by atoms with Crippen molar-refractivity contribution in [1.82, 2.24) is 0 Å². The van der Waals surface area contributed by atoms with E-state index in [1.165, 1.54) is 22.5 Å². The van der Waals surface area contributed by atoms with Gasteiger partial charge in [0.15, 0.2) is 0 Å². The minimum Gasteiger partial charge on any atom is -1.00 e. The van der Waals surface area contributed by atoms with Crippen molar-refractivity contribution in [1.29, 1.82) is 0 Å². The zero-order valence-corrected chi connectivity index (χ0v) is 23.8. The molecule has 1 radical (unpaired) electrons. The first-order valence-electron chi connectivity index (χ1n) is 9.10. The van der Waals surface area contributed by atoms with E-state index in [9.17, 15) is 0 Å². The maximum absolute atomic E-state index is 4.46. The van der Waals surface area contributed by atoms with Crippen LogP contribution in [0.2, 0.25) is 13.1 Å². The molecule has 0 saturated carbocycles. The van der Waals surface area contributed by atoms with Crippen LogP contribution in [0.3, 0.4) is 0 Å². The second kappa shape index (κ2) is 21.0. The molecular weight excluding hydrogens is 513 g/mol. The SMILES string of the molecule is CCC[CH-]C(C)=Nc1ccccc1.CSC1=[C-]C2=CC=CC2=C1.C[SiH]C.[Cl-].[Cl-].[Zr+4]. The van der Waals surface area contributed by atoms with Gasteiger partial charge in [-0.2, -0.15) is 29.8 Å². The molecule has 29 heavy (non-hydrogen) atoms. The minimum absolute atomic E-state index is 0. The molecule has 0 saturated heterocycles. The topological polar surface area (TPSA) is 12.4 Å². The van der Waals surface area contributed by atoms with Crippen LogP contribution in [0, 0.1) is 12.5 Å². The number of hydrogen-bond acceptors (Lipinski definition) is 2. The number of unbranched alkanes of at least 4 members (excludes halogenated alkanes) is 1. The molecule has 0 atom stereocenters. The molecule has 6 heteroatoms. The molecule has 0 unspecified atom stereocenters. The third-order valence-electron chi connectivity index (χ3n) is 3.40. The predicted molar refractivity (Wildman–Crippen MR) is 123 cm³/mol. The van der Waals surface area contributed by atoms with Crippen molar-refractivity contribution in [3.05, 3.63) is 83.2 Å². The third kappa shape index (κ3) is 14.4. The van der Waals surface area contributed by atoms with E-state index in [1.54, 1.807) is 11.8 Å². The van der Waals surface area contributed by atoms with Gasteiger partial charge in [0.05, 0.1) is 5.69 Å². The van der Waals surface area contributed by atoms with E-state index in [0.29, 0.717) is 0 Å². The fourth-order valence-electron chi connectivity index (χ4n) is 2.20. The van der Waals surface area contributed by atoms with Crippen LogP contribution in [0.4, 0.5) is 5.69 Å². The predicted octanol–water partition coefficient (Wildman–Crippen LogP) is 0.781. The van der Waals surface area contributed by atoms with Crippen LogP contribution >= 0.6 is 11.8 Å². The van der Waals surface area contributed by atoms with Crippen molar-refractivity contribution in [2.45, 2.75) is 39.8 Å². The van der Waals surface area contributed by atoms with E-state index in [-0.39, 0.29) is 51.0 Å². The van der Waals surface area contributed by atoms with Gasteiger partial charge in [0.25, 0.3) is 0 Å². The van der Waals surface area contributed by atoms with Crippen LogP contribution in [0.25, 0.3) is 0 Å². The smallest absolute Gasteiger partial charge is 1.00 e. The van der Waals surface area contributed by atoms with Crippen molar-refractivity contribution >= 4 is 32.7 Å². The number of benzene rings is 1. The quantitative estimate of drug-likeness (QED) is 0.305. The van der Waals surface area contributed by atoms with Crippen LogP contribution in [-0.2, 0) is 26.2 Å². The van der Waals surface area contributed by atoms with Crippen LogP contribution in [0.5, 0.6) is 0 Å².